The van der Waals surface area contributed by atoms with Gasteiger partial charge in [-0.05, 0) is 25.3 Å². The summed E-state index contributed by atoms with van der Waals surface area (Å²) in [5.74, 6) is 0.254. The van der Waals surface area contributed by atoms with Crippen LogP contribution in [0.4, 0.5) is 0 Å². The number of rotatable bonds is 7. The first-order valence-electron chi connectivity index (χ1n) is 7.01. The van der Waals surface area contributed by atoms with Gasteiger partial charge >= 0.3 is 5.97 Å². The molecule has 1 rings (SSSR count). The van der Waals surface area contributed by atoms with Crippen LogP contribution in [-0.2, 0) is 9.53 Å². The van der Waals surface area contributed by atoms with Gasteiger partial charge in [0, 0.05) is 12.1 Å². The van der Waals surface area contributed by atoms with E-state index in [0.29, 0.717) is 18.9 Å². The van der Waals surface area contributed by atoms with Gasteiger partial charge in [0.05, 0.1) is 13.0 Å². The fourth-order valence-electron chi connectivity index (χ4n) is 2.05. The Labute approximate surface area is 116 Å². The molecule has 0 aliphatic rings. The summed E-state index contributed by atoms with van der Waals surface area (Å²) in [4.78, 5) is 11.6. The van der Waals surface area contributed by atoms with E-state index in [1.807, 2.05) is 25.1 Å². The van der Waals surface area contributed by atoms with Crippen LogP contribution in [0.5, 0.6) is 0 Å². The van der Waals surface area contributed by atoms with Crippen molar-refractivity contribution in [1.82, 2.24) is 5.32 Å². The molecule has 1 N–H and O–H groups in total. The van der Waals surface area contributed by atoms with Crippen molar-refractivity contribution in [3.63, 3.8) is 0 Å². The Kier molecular flexibility index (Phi) is 6.57. The van der Waals surface area contributed by atoms with E-state index in [4.69, 9.17) is 4.74 Å². The number of benzene rings is 1. The van der Waals surface area contributed by atoms with Crippen LogP contribution in [0.3, 0.4) is 0 Å². The lowest BCUT2D eigenvalue weighted by atomic mass is 9.98. The van der Waals surface area contributed by atoms with Crippen molar-refractivity contribution in [1.29, 1.82) is 0 Å². The molecule has 3 nitrogen and oxygen atoms in total. The highest BCUT2D eigenvalue weighted by atomic mass is 16.5. The van der Waals surface area contributed by atoms with Gasteiger partial charge in [-0.3, -0.25) is 4.79 Å². The molecular weight excluding hydrogens is 238 g/mol. The highest BCUT2D eigenvalue weighted by molar-refractivity contribution is 5.70. The molecule has 3 heteroatoms. The molecule has 0 saturated carbocycles. The topological polar surface area (TPSA) is 38.3 Å². The van der Waals surface area contributed by atoms with Gasteiger partial charge in [-0.15, -0.1) is 0 Å². The fraction of sp³-hybridized carbons (Fsp3) is 0.562. The zero-order chi connectivity index (χ0) is 14.3. The molecule has 0 amide bonds. The summed E-state index contributed by atoms with van der Waals surface area (Å²) in [6, 6.07) is 10.6. The summed E-state index contributed by atoms with van der Waals surface area (Å²) in [6.45, 7) is 8.64. The highest BCUT2D eigenvalue weighted by Crippen LogP contribution is 2.16. The van der Waals surface area contributed by atoms with Gasteiger partial charge in [-0.25, -0.2) is 0 Å². The van der Waals surface area contributed by atoms with Gasteiger partial charge in [-0.1, -0.05) is 44.2 Å². The van der Waals surface area contributed by atoms with Crippen molar-refractivity contribution >= 4 is 5.97 Å². The van der Waals surface area contributed by atoms with E-state index in [2.05, 4.69) is 38.2 Å². The first-order chi connectivity index (χ1) is 9.04. The summed E-state index contributed by atoms with van der Waals surface area (Å²) >= 11 is 0. The third-order valence-corrected chi connectivity index (χ3v) is 3.26. The zero-order valence-corrected chi connectivity index (χ0v) is 12.3. The molecule has 1 aromatic carbocycles. The minimum Gasteiger partial charge on any atom is -0.466 e. The normalized spacial score (nSPS) is 14.2. The van der Waals surface area contributed by atoms with E-state index in [-0.39, 0.29) is 18.1 Å². The Balaban J connectivity index is 2.61. The van der Waals surface area contributed by atoms with Crippen LogP contribution in [0.2, 0.25) is 0 Å². The molecule has 1 aromatic rings. The van der Waals surface area contributed by atoms with Gasteiger partial charge < -0.3 is 10.1 Å². The fourth-order valence-corrected chi connectivity index (χ4v) is 2.05. The summed E-state index contributed by atoms with van der Waals surface area (Å²) in [6.07, 6.45) is 0.419. The number of nitrogens with one attached hydrogen (secondary N) is 1. The molecule has 0 saturated heterocycles. The predicted octanol–water partition coefficient (Wildman–Crippen LogP) is 3.32. The number of hydrogen-bond acceptors (Lipinski definition) is 3. The van der Waals surface area contributed by atoms with Crippen molar-refractivity contribution in [2.45, 2.75) is 46.2 Å². The molecule has 19 heavy (non-hydrogen) atoms. The molecule has 106 valence electrons. The van der Waals surface area contributed by atoms with E-state index in [9.17, 15) is 4.79 Å². The second-order valence-corrected chi connectivity index (χ2v) is 5.16. The van der Waals surface area contributed by atoms with E-state index in [1.165, 1.54) is 5.56 Å². The Bertz CT molecular complexity index is 376. The molecule has 0 aromatic heterocycles. The Morgan fingerprint density at radius 1 is 1.21 bits per heavy atom. The van der Waals surface area contributed by atoms with Crippen LogP contribution in [0, 0.1) is 5.92 Å². The molecule has 0 aliphatic carbocycles. The SMILES string of the molecule is CCOC(=O)C[C@H](N[C@H](C)c1ccccc1)C(C)C. The molecule has 0 spiro atoms. The third-order valence-electron chi connectivity index (χ3n) is 3.26. The first-order valence-corrected chi connectivity index (χ1v) is 7.01. The molecule has 0 bridgehead atoms. The lowest BCUT2D eigenvalue weighted by Gasteiger charge is -2.26. The minimum absolute atomic E-state index is 0.131. The maximum Gasteiger partial charge on any atom is 0.307 e. The van der Waals surface area contributed by atoms with Crippen LogP contribution in [0.1, 0.15) is 45.7 Å². The van der Waals surface area contributed by atoms with Crippen molar-refractivity contribution in [2.75, 3.05) is 6.61 Å². The first kappa shape index (κ1) is 15.7. The highest BCUT2D eigenvalue weighted by Gasteiger charge is 2.20. The van der Waals surface area contributed by atoms with E-state index in [0.717, 1.165) is 0 Å². The summed E-state index contributed by atoms with van der Waals surface area (Å²) in [7, 11) is 0. The second kappa shape index (κ2) is 7.95. The van der Waals surface area contributed by atoms with Crippen molar-refractivity contribution < 1.29 is 9.53 Å². The van der Waals surface area contributed by atoms with Gasteiger partial charge in [-0.2, -0.15) is 0 Å². The minimum atomic E-state index is -0.131. The largest absolute Gasteiger partial charge is 0.466 e. The Hall–Kier alpha value is -1.35. The molecule has 0 heterocycles. The lowest BCUT2D eigenvalue weighted by molar-refractivity contribution is -0.144. The average molecular weight is 263 g/mol. The van der Waals surface area contributed by atoms with Crippen molar-refractivity contribution in [3.05, 3.63) is 35.9 Å². The second-order valence-electron chi connectivity index (χ2n) is 5.16. The molecule has 2 atom stereocenters. The standard InChI is InChI=1S/C16H25NO2/c1-5-19-16(18)11-15(12(2)3)17-13(4)14-9-7-6-8-10-14/h6-10,12-13,15,17H,5,11H2,1-4H3/t13-,15+/m1/s1. The van der Waals surface area contributed by atoms with Crippen LogP contribution in [-0.4, -0.2) is 18.6 Å². The van der Waals surface area contributed by atoms with Crippen LogP contribution < -0.4 is 5.32 Å². The smallest absolute Gasteiger partial charge is 0.307 e. The lowest BCUT2D eigenvalue weighted by Crippen LogP contribution is -2.38. The van der Waals surface area contributed by atoms with Crippen LogP contribution in [0.15, 0.2) is 30.3 Å². The molecule has 0 aliphatic heterocycles. The molecule has 0 unspecified atom stereocenters. The number of carbonyl (C=O) groups excluding carboxylic acids is 1. The van der Waals surface area contributed by atoms with Crippen molar-refractivity contribution in [3.8, 4) is 0 Å². The zero-order valence-electron chi connectivity index (χ0n) is 12.3. The van der Waals surface area contributed by atoms with Gasteiger partial charge in [0.25, 0.3) is 0 Å². The molecule has 0 radical (unpaired) electrons. The average Bonchev–Trinajstić information content (AvgIpc) is 2.39. The predicted molar refractivity (Wildman–Crippen MR) is 77.9 cm³/mol. The van der Waals surface area contributed by atoms with Gasteiger partial charge in [0.15, 0.2) is 0 Å². The quantitative estimate of drug-likeness (QED) is 0.767. The Morgan fingerprint density at radius 2 is 1.84 bits per heavy atom. The van der Waals surface area contributed by atoms with Gasteiger partial charge in [0.1, 0.15) is 0 Å². The summed E-state index contributed by atoms with van der Waals surface area (Å²) < 4.78 is 5.03. The molecule has 0 fully saturated rings. The van der Waals surface area contributed by atoms with Gasteiger partial charge in [0.2, 0.25) is 0 Å². The van der Waals surface area contributed by atoms with Crippen LogP contribution in [0.25, 0.3) is 0 Å². The Morgan fingerprint density at radius 3 is 2.37 bits per heavy atom. The maximum absolute atomic E-state index is 11.6. The number of ether oxygens (including phenoxy) is 1. The number of hydrogen-bond donors (Lipinski definition) is 1. The summed E-state index contributed by atoms with van der Waals surface area (Å²) in [5, 5.41) is 3.52. The monoisotopic (exact) mass is 263 g/mol. The van der Waals surface area contributed by atoms with E-state index in [1.54, 1.807) is 0 Å². The van der Waals surface area contributed by atoms with E-state index >= 15 is 0 Å². The third kappa shape index (κ3) is 5.43. The van der Waals surface area contributed by atoms with E-state index < -0.39 is 0 Å². The summed E-state index contributed by atoms with van der Waals surface area (Å²) in [5.41, 5.74) is 1.23. The number of carbonyl (C=O) groups is 1. The number of esters is 1. The molecular formula is C16H25NO2. The van der Waals surface area contributed by atoms with Crippen molar-refractivity contribution in [2.24, 2.45) is 5.92 Å². The van der Waals surface area contributed by atoms with Crippen LogP contribution >= 0.6 is 0 Å². The maximum atomic E-state index is 11.6.